The first-order chi connectivity index (χ1) is 15.8. The molecular formula is C24H24N2O6S. The quantitative estimate of drug-likeness (QED) is 0.414. The molecule has 33 heavy (non-hydrogen) atoms. The molecule has 0 bridgehead atoms. The zero-order valence-electron chi connectivity index (χ0n) is 18.2. The van der Waals surface area contributed by atoms with E-state index in [1.165, 1.54) is 24.3 Å². The summed E-state index contributed by atoms with van der Waals surface area (Å²) in [6.45, 7) is 0. The van der Waals surface area contributed by atoms with Crippen LogP contribution >= 0.6 is 0 Å². The van der Waals surface area contributed by atoms with Gasteiger partial charge in [-0.1, -0.05) is 18.2 Å². The van der Waals surface area contributed by atoms with Gasteiger partial charge < -0.3 is 9.47 Å². The third kappa shape index (κ3) is 4.69. The van der Waals surface area contributed by atoms with Crippen LogP contribution < -0.4 is 14.2 Å². The summed E-state index contributed by atoms with van der Waals surface area (Å²) in [7, 11) is -0.726. The Morgan fingerprint density at radius 1 is 0.970 bits per heavy atom. The monoisotopic (exact) mass is 468 g/mol. The van der Waals surface area contributed by atoms with Crippen LogP contribution in [-0.4, -0.2) is 33.6 Å². The van der Waals surface area contributed by atoms with Gasteiger partial charge in [0.1, 0.15) is 11.5 Å². The van der Waals surface area contributed by atoms with E-state index in [1.807, 2.05) is 42.5 Å². The molecule has 3 aromatic rings. The number of nitro benzene ring substituents is 1. The number of hydrogen-bond acceptors (Lipinski definition) is 6. The number of non-ortho nitro benzene ring substituents is 1. The maximum absolute atomic E-state index is 13.2. The molecule has 1 aliphatic carbocycles. The van der Waals surface area contributed by atoms with Gasteiger partial charge in [0.15, 0.2) is 0 Å². The number of hydrogen-bond donors (Lipinski definition) is 1. The topological polar surface area (TPSA) is 108 Å². The molecule has 9 heteroatoms. The highest BCUT2D eigenvalue weighted by atomic mass is 32.2. The van der Waals surface area contributed by atoms with Crippen LogP contribution in [0.25, 0.3) is 0 Å². The van der Waals surface area contributed by atoms with Gasteiger partial charge in [-0.3, -0.25) is 10.1 Å². The summed E-state index contributed by atoms with van der Waals surface area (Å²) in [6, 6.07) is 17.9. The molecule has 172 valence electrons. The number of nitro groups is 1. The van der Waals surface area contributed by atoms with Crippen LogP contribution in [0, 0.1) is 10.1 Å². The van der Waals surface area contributed by atoms with Crippen molar-refractivity contribution < 1.29 is 22.8 Å². The van der Waals surface area contributed by atoms with Crippen LogP contribution in [0.4, 0.5) is 5.69 Å². The molecule has 0 unspecified atom stereocenters. The molecule has 0 heterocycles. The molecule has 0 aromatic heterocycles. The van der Waals surface area contributed by atoms with E-state index in [-0.39, 0.29) is 16.5 Å². The van der Waals surface area contributed by atoms with E-state index in [4.69, 9.17) is 9.47 Å². The summed E-state index contributed by atoms with van der Waals surface area (Å²) >= 11 is 0. The first-order valence-electron chi connectivity index (χ1n) is 10.4. The fourth-order valence-electron chi connectivity index (χ4n) is 4.30. The van der Waals surface area contributed by atoms with Gasteiger partial charge in [0.2, 0.25) is 10.0 Å². The summed E-state index contributed by atoms with van der Waals surface area (Å²) in [5, 5.41) is 10.9. The third-order valence-electron chi connectivity index (χ3n) is 5.93. The number of rotatable bonds is 7. The number of sulfonamides is 1. The minimum absolute atomic E-state index is 0.0195. The molecule has 1 N–H and O–H groups in total. The van der Waals surface area contributed by atoms with Crippen LogP contribution in [0.1, 0.15) is 29.0 Å². The van der Waals surface area contributed by atoms with E-state index in [0.29, 0.717) is 24.3 Å². The molecule has 0 spiro atoms. The molecule has 3 aromatic carbocycles. The van der Waals surface area contributed by atoms with E-state index >= 15 is 0 Å². The number of nitrogens with zero attached hydrogens (tertiary/aromatic N) is 1. The lowest BCUT2D eigenvalue weighted by Gasteiger charge is -2.35. The molecule has 0 radical (unpaired) electrons. The van der Waals surface area contributed by atoms with E-state index in [2.05, 4.69) is 4.72 Å². The van der Waals surface area contributed by atoms with E-state index in [9.17, 15) is 18.5 Å². The summed E-state index contributed by atoms with van der Waals surface area (Å²) in [5.41, 5.74) is 2.88. The van der Waals surface area contributed by atoms with Crippen molar-refractivity contribution in [1.82, 2.24) is 4.72 Å². The smallest absolute Gasteiger partial charge is 0.269 e. The normalized spacial score (nSPS) is 17.8. The molecule has 1 aliphatic rings. The van der Waals surface area contributed by atoms with Gasteiger partial charge in [-0.15, -0.1) is 0 Å². The summed E-state index contributed by atoms with van der Waals surface area (Å²) in [5.74, 6) is 1.10. The van der Waals surface area contributed by atoms with Crippen molar-refractivity contribution in [1.29, 1.82) is 0 Å². The Morgan fingerprint density at radius 2 is 1.67 bits per heavy atom. The Kier molecular flexibility index (Phi) is 6.35. The van der Waals surface area contributed by atoms with Gasteiger partial charge in [0.05, 0.1) is 24.0 Å². The van der Waals surface area contributed by atoms with Crippen LogP contribution in [0.2, 0.25) is 0 Å². The van der Waals surface area contributed by atoms with Crippen molar-refractivity contribution >= 4 is 15.7 Å². The number of ether oxygens (including phenoxy) is 2. The number of benzene rings is 3. The molecule has 0 saturated carbocycles. The first kappa shape index (κ1) is 22.8. The van der Waals surface area contributed by atoms with Crippen LogP contribution in [0.15, 0.2) is 71.6 Å². The second-order valence-electron chi connectivity index (χ2n) is 7.84. The van der Waals surface area contributed by atoms with Gasteiger partial charge in [-0.2, -0.15) is 0 Å². The lowest BCUT2D eigenvalue weighted by Crippen LogP contribution is -2.42. The van der Waals surface area contributed by atoms with Crippen molar-refractivity contribution in [2.45, 2.75) is 29.7 Å². The zero-order chi connectivity index (χ0) is 23.6. The highest BCUT2D eigenvalue weighted by Gasteiger charge is 2.34. The molecule has 8 nitrogen and oxygen atoms in total. The summed E-state index contributed by atoms with van der Waals surface area (Å²) in [4.78, 5) is 10.3. The minimum atomic E-state index is -3.91. The SMILES string of the molecule is COc1cccc([C@H]2c3cc(OC)ccc3CC[C@@H]2NS(=O)(=O)c2ccc([N+](=O)[O-])cc2)c1. The van der Waals surface area contributed by atoms with Crippen molar-refractivity contribution in [2.24, 2.45) is 0 Å². The molecule has 4 rings (SSSR count). The molecular weight excluding hydrogens is 444 g/mol. The van der Waals surface area contributed by atoms with Crippen LogP contribution in [-0.2, 0) is 16.4 Å². The molecule has 0 saturated heterocycles. The van der Waals surface area contributed by atoms with Gasteiger partial charge in [-0.05, 0) is 65.9 Å². The Balaban J connectivity index is 1.74. The molecule has 0 fully saturated rings. The summed E-state index contributed by atoms with van der Waals surface area (Å²) < 4.78 is 40.0. The Bertz CT molecular complexity index is 1270. The second-order valence-corrected chi connectivity index (χ2v) is 9.55. The summed E-state index contributed by atoms with van der Waals surface area (Å²) in [6.07, 6.45) is 1.29. The van der Waals surface area contributed by atoms with Gasteiger partial charge in [0.25, 0.3) is 5.69 Å². The highest BCUT2D eigenvalue weighted by Crippen LogP contribution is 2.40. The third-order valence-corrected chi connectivity index (χ3v) is 7.44. The fraction of sp³-hybridized carbons (Fsp3) is 0.250. The van der Waals surface area contributed by atoms with Crippen molar-refractivity contribution in [2.75, 3.05) is 14.2 Å². The van der Waals surface area contributed by atoms with Gasteiger partial charge in [-0.25, -0.2) is 13.1 Å². The fourth-order valence-corrected chi connectivity index (χ4v) is 5.58. The zero-order valence-corrected chi connectivity index (χ0v) is 19.0. The molecule has 0 amide bonds. The van der Waals surface area contributed by atoms with E-state index in [0.717, 1.165) is 16.7 Å². The predicted molar refractivity (Wildman–Crippen MR) is 123 cm³/mol. The first-order valence-corrected chi connectivity index (χ1v) is 11.9. The lowest BCUT2D eigenvalue weighted by molar-refractivity contribution is -0.384. The van der Waals surface area contributed by atoms with Crippen molar-refractivity contribution in [3.05, 3.63) is 93.5 Å². The van der Waals surface area contributed by atoms with Crippen LogP contribution in [0.5, 0.6) is 11.5 Å². The Morgan fingerprint density at radius 3 is 2.33 bits per heavy atom. The highest BCUT2D eigenvalue weighted by molar-refractivity contribution is 7.89. The second kappa shape index (κ2) is 9.21. The maximum Gasteiger partial charge on any atom is 0.269 e. The maximum atomic E-state index is 13.2. The van der Waals surface area contributed by atoms with Crippen molar-refractivity contribution in [3.8, 4) is 11.5 Å². The van der Waals surface area contributed by atoms with Gasteiger partial charge in [0, 0.05) is 24.1 Å². The van der Waals surface area contributed by atoms with E-state index < -0.39 is 21.0 Å². The average molecular weight is 469 g/mol. The largest absolute Gasteiger partial charge is 0.497 e. The number of nitrogens with one attached hydrogen (secondary N) is 1. The molecule has 2 atom stereocenters. The Hall–Kier alpha value is -3.43. The lowest BCUT2D eigenvalue weighted by atomic mass is 9.76. The number of methoxy groups -OCH3 is 2. The molecule has 0 aliphatic heterocycles. The average Bonchev–Trinajstić information content (AvgIpc) is 2.83. The van der Waals surface area contributed by atoms with Gasteiger partial charge >= 0.3 is 0 Å². The number of fused-ring (bicyclic) bond motifs is 1. The van der Waals surface area contributed by atoms with Crippen molar-refractivity contribution in [3.63, 3.8) is 0 Å². The van der Waals surface area contributed by atoms with E-state index in [1.54, 1.807) is 14.2 Å². The Labute approximate surface area is 192 Å². The standard InChI is InChI=1S/C24H24N2O6S/c1-31-19-5-3-4-17(14-19)24-22-15-20(32-2)10-6-16(22)7-13-23(24)25-33(29,30)21-11-8-18(9-12-21)26(27)28/h3-6,8-12,14-15,23-25H,7,13H2,1-2H3/t23-,24-/m0/s1. The number of aryl methyl sites for hydroxylation is 1. The minimum Gasteiger partial charge on any atom is -0.497 e. The van der Waals surface area contributed by atoms with Crippen LogP contribution in [0.3, 0.4) is 0 Å². The predicted octanol–water partition coefficient (Wildman–Crippen LogP) is 4.04.